The second-order valence-corrected chi connectivity index (χ2v) is 19.9. The van der Waals surface area contributed by atoms with Crippen LogP contribution in [0.5, 0.6) is 0 Å². The van der Waals surface area contributed by atoms with E-state index in [-0.39, 0.29) is 29.7 Å². The molecule has 0 spiro atoms. The van der Waals surface area contributed by atoms with E-state index in [1.54, 1.807) is 26.8 Å². The fraction of sp³-hybridized carbons (Fsp3) is 0.792. The molecule has 4 aliphatic carbocycles. The van der Waals surface area contributed by atoms with Crippen LogP contribution in [0.3, 0.4) is 0 Å². The number of allylic oxidation sites excluding steroid dienone is 4. The van der Waals surface area contributed by atoms with Crippen molar-refractivity contribution in [3.63, 3.8) is 0 Å². The number of ketones is 3. The van der Waals surface area contributed by atoms with Crippen LogP contribution in [0.1, 0.15) is 178 Å². The lowest BCUT2D eigenvalue weighted by molar-refractivity contribution is -0.180. The smallest absolute Gasteiger partial charge is 0.303 e. The van der Waals surface area contributed by atoms with Gasteiger partial charge in [-0.25, -0.2) is 0 Å². The van der Waals surface area contributed by atoms with E-state index in [2.05, 4.69) is 26.8 Å². The number of esters is 1. The third-order valence-electron chi connectivity index (χ3n) is 15.0. The third kappa shape index (κ3) is 9.17. The molecule has 0 amide bonds. The molecule has 8 nitrogen and oxygen atoms in total. The van der Waals surface area contributed by atoms with Crippen molar-refractivity contribution in [3.05, 3.63) is 35.6 Å². The monoisotopic (exact) mass is 781 g/mol. The van der Waals surface area contributed by atoms with Crippen molar-refractivity contribution in [2.45, 2.75) is 196 Å². The number of hydrogen-bond donors (Lipinski definition) is 2. The fourth-order valence-corrected chi connectivity index (χ4v) is 11.6. The number of rotatable bonds is 21. The van der Waals surface area contributed by atoms with Crippen LogP contribution in [-0.2, 0) is 28.7 Å². The Morgan fingerprint density at radius 3 is 1.93 bits per heavy atom. The molecule has 4 aliphatic rings. The van der Waals surface area contributed by atoms with Crippen LogP contribution in [0.25, 0.3) is 0 Å². The maximum Gasteiger partial charge on any atom is 0.303 e. The van der Waals surface area contributed by atoms with Crippen molar-refractivity contribution in [2.24, 2.45) is 39.4 Å². The molecule has 0 bridgehead atoms. The Hall–Kier alpha value is -2.58. The van der Waals surface area contributed by atoms with Gasteiger partial charge in [-0.3, -0.25) is 19.2 Å². The van der Waals surface area contributed by atoms with Crippen molar-refractivity contribution in [3.8, 4) is 0 Å². The minimum absolute atomic E-state index is 0.0136. The van der Waals surface area contributed by atoms with Crippen molar-refractivity contribution >= 4 is 23.3 Å². The summed E-state index contributed by atoms with van der Waals surface area (Å²) < 4.78 is 12.2. The van der Waals surface area contributed by atoms with Gasteiger partial charge in [0.25, 0.3) is 0 Å². The van der Waals surface area contributed by atoms with Crippen LogP contribution in [0.2, 0.25) is 0 Å². The molecule has 0 aromatic heterocycles. The number of Topliss-reactive ketones (excluding diaryl/α,β-unsaturated/α-hetero) is 2. The normalized spacial score (nSPS) is 32.3. The van der Waals surface area contributed by atoms with E-state index in [0.717, 1.165) is 24.8 Å². The Balaban J connectivity index is 1.52. The summed E-state index contributed by atoms with van der Waals surface area (Å²) in [4.78, 5) is 53.8. The lowest BCUT2D eigenvalue weighted by atomic mass is 9.39. The molecule has 0 saturated heterocycles. The average Bonchev–Trinajstić information content (AvgIpc) is 3.34. The molecule has 0 aromatic rings. The summed E-state index contributed by atoms with van der Waals surface area (Å²) in [6.45, 7) is 18.9. The van der Waals surface area contributed by atoms with Gasteiger partial charge >= 0.3 is 5.97 Å². The first-order valence-corrected chi connectivity index (χ1v) is 22.1. The average molecular weight is 781 g/mol. The van der Waals surface area contributed by atoms with E-state index < -0.39 is 62.6 Å². The molecule has 4 rings (SSSR count). The molecule has 0 aliphatic heterocycles. The summed E-state index contributed by atoms with van der Waals surface area (Å²) in [5, 5.41) is 23.3. The van der Waals surface area contributed by atoms with E-state index in [4.69, 9.17) is 9.47 Å². The second-order valence-electron chi connectivity index (χ2n) is 19.9. The second kappa shape index (κ2) is 18.1. The first kappa shape index (κ1) is 46.1. The lowest BCUT2D eigenvalue weighted by Gasteiger charge is -2.63. The molecular weight excluding hydrogens is 705 g/mol. The van der Waals surface area contributed by atoms with Crippen LogP contribution in [0.15, 0.2) is 35.6 Å². The number of unbranched alkanes of at least 4 members (excludes halogenated alkanes) is 13. The third-order valence-corrected chi connectivity index (χ3v) is 15.0. The number of aliphatic hydroxyl groups is 2. The standard InChI is InChI=1S/C48H76O8/c1-11-12-13-14-15-16-17-18-19-20-21-22-23-24-29-55-37-31-45(7)38-26-25-34-35(30-36(50)42(53)44(34,5)6)47(38,9)40(52)32-46(45,8)41(37)48(10,54)39(51)27-28-43(3,4)56-33(2)49/h25,27-28,30,35,37-38,41,50,54H,11-24,26,29,31-32H2,1-10H3/b28-27+/t35-,37-,38+,41?,45+,46-,47+,48?/m1/s1. The van der Waals surface area contributed by atoms with Gasteiger partial charge in [0, 0.05) is 37.2 Å². The predicted octanol–water partition coefficient (Wildman–Crippen LogP) is 10.7. The highest BCUT2D eigenvalue weighted by molar-refractivity contribution is 6.02. The molecule has 2 N–H and O–H groups in total. The van der Waals surface area contributed by atoms with Gasteiger partial charge in [0.05, 0.1) is 11.5 Å². The minimum atomic E-state index is -1.89. The molecule has 0 aromatic carbocycles. The van der Waals surface area contributed by atoms with Crippen LogP contribution in [0.4, 0.5) is 0 Å². The number of carbonyl (C=O) groups is 4. The van der Waals surface area contributed by atoms with Gasteiger partial charge in [-0.2, -0.15) is 0 Å². The molecular formula is C48H76O8. The largest absolute Gasteiger partial charge is 0.505 e. The highest BCUT2D eigenvalue weighted by Crippen LogP contribution is 2.74. The van der Waals surface area contributed by atoms with Crippen LogP contribution < -0.4 is 0 Å². The SMILES string of the molecule is CCCCCCCCCCCCCCCCO[C@@H]1C[C@@]2(C)[C@@H]3CC=C4[C@@H](C=C(O)C(=O)C4(C)C)[C@]3(C)C(=O)C[C@]2(C)C1C(C)(O)C(=O)/C=C/C(C)(C)OC(C)=O. The summed E-state index contributed by atoms with van der Waals surface area (Å²) in [7, 11) is 0. The number of aliphatic hydroxyl groups excluding tert-OH is 1. The van der Waals surface area contributed by atoms with Crippen LogP contribution in [0, 0.1) is 39.4 Å². The summed E-state index contributed by atoms with van der Waals surface area (Å²) >= 11 is 0. The molecule has 8 atom stereocenters. The van der Waals surface area contributed by atoms with E-state index in [0.29, 0.717) is 19.4 Å². The summed E-state index contributed by atoms with van der Waals surface area (Å²) in [6, 6.07) is 0. The molecule has 0 heterocycles. The number of fused-ring (bicyclic) bond motifs is 5. The van der Waals surface area contributed by atoms with Crippen LogP contribution in [-0.4, -0.2) is 57.4 Å². The van der Waals surface area contributed by atoms with Crippen LogP contribution >= 0.6 is 0 Å². The van der Waals surface area contributed by atoms with Gasteiger partial charge in [0.15, 0.2) is 11.5 Å². The molecule has 0 radical (unpaired) electrons. The molecule has 2 fully saturated rings. The highest BCUT2D eigenvalue weighted by Gasteiger charge is 2.74. The molecule has 2 saturated carbocycles. The Morgan fingerprint density at radius 2 is 1.39 bits per heavy atom. The molecule has 2 unspecified atom stereocenters. The topological polar surface area (TPSA) is 127 Å². The summed E-state index contributed by atoms with van der Waals surface area (Å²) in [5.41, 5.74) is -5.26. The zero-order valence-corrected chi connectivity index (χ0v) is 36.7. The van der Waals surface area contributed by atoms with E-state index in [9.17, 15) is 29.4 Å². The van der Waals surface area contributed by atoms with Gasteiger partial charge in [0.1, 0.15) is 17.0 Å². The fourth-order valence-electron chi connectivity index (χ4n) is 11.6. The first-order valence-electron chi connectivity index (χ1n) is 22.1. The van der Waals surface area contributed by atoms with Gasteiger partial charge in [-0.15, -0.1) is 0 Å². The van der Waals surface area contributed by atoms with Crippen molar-refractivity contribution < 1.29 is 38.9 Å². The Morgan fingerprint density at radius 1 is 0.857 bits per heavy atom. The van der Waals surface area contributed by atoms with E-state index in [1.165, 1.54) is 89.7 Å². The number of carbonyl (C=O) groups excluding carboxylic acids is 4. The van der Waals surface area contributed by atoms with Gasteiger partial charge in [0.2, 0.25) is 5.78 Å². The summed E-state index contributed by atoms with van der Waals surface area (Å²) in [6.07, 6.45) is 24.9. The first-order chi connectivity index (χ1) is 26.1. The van der Waals surface area contributed by atoms with Gasteiger partial charge in [-0.1, -0.05) is 123 Å². The van der Waals surface area contributed by atoms with Gasteiger partial charge < -0.3 is 19.7 Å². The quantitative estimate of drug-likeness (QED) is 0.0510. The zero-order valence-electron chi connectivity index (χ0n) is 36.7. The molecule has 8 heteroatoms. The Bertz CT molecular complexity index is 1530. The lowest BCUT2D eigenvalue weighted by Crippen LogP contribution is -2.64. The predicted molar refractivity (Wildman–Crippen MR) is 222 cm³/mol. The van der Waals surface area contributed by atoms with Crippen molar-refractivity contribution in [1.29, 1.82) is 0 Å². The number of ether oxygens (including phenoxy) is 2. The molecule has 316 valence electrons. The summed E-state index contributed by atoms with van der Waals surface area (Å²) in [5.74, 6) is -2.94. The maximum absolute atomic E-state index is 14.8. The highest BCUT2D eigenvalue weighted by atomic mass is 16.6. The molecule has 56 heavy (non-hydrogen) atoms. The van der Waals surface area contributed by atoms with Crippen molar-refractivity contribution in [1.82, 2.24) is 0 Å². The van der Waals surface area contributed by atoms with E-state index in [1.807, 2.05) is 20.8 Å². The maximum atomic E-state index is 14.8. The minimum Gasteiger partial charge on any atom is -0.505 e. The van der Waals surface area contributed by atoms with Gasteiger partial charge in [-0.05, 0) is 88.9 Å². The van der Waals surface area contributed by atoms with E-state index >= 15 is 0 Å². The number of hydrogen-bond acceptors (Lipinski definition) is 8. The zero-order chi connectivity index (χ0) is 41.7. The Labute approximate surface area is 338 Å². The van der Waals surface area contributed by atoms with Crippen molar-refractivity contribution in [2.75, 3.05) is 6.61 Å². The Kier molecular flexibility index (Phi) is 14.9.